The Labute approximate surface area is 85.5 Å². The van der Waals surface area contributed by atoms with E-state index >= 15 is 0 Å². The molecule has 0 unspecified atom stereocenters. The Morgan fingerprint density at radius 3 is 2.67 bits per heavy atom. The molecule has 0 fully saturated rings. The van der Waals surface area contributed by atoms with Crippen LogP contribution in [0.4, 0.5) is 14.5 Å². The Hall–Kier alpha value is -1.74. The highest BCUT2D eigenvalue weighted by molar-refractivity contribution is 5.56. The normalized spacial score (nSPS) is 10.3. The Morgan fingerprint density at radius 1 is 1.53 bits per heavy atom. The molecule has 4 nitrogen and oxygen atoms in total. The van der Waals surface area contributed by atoms with Crippen LogP contribution >= 0.6 is 0 Å². The van der Waals surface area contributed by atoms with Crippen molar-refractivity contribution in [3.63, 3.8) is 0 Å². The van der Waals surface area contributed by atoms with Gasteiger partial charge in [0.05, 0.1) is 23.7 Å². The zero-order valence-electron chi connectivity index (χ0n) is 7.87. The standard InChI is InChI=1S/C9H10F2N4/c10-9(11)6-4-15-7(3-13)5(1-2-12)8(6)14/h4,9H,1,3,13H2,(H2,14,15). The maximum Gasteiger partial charge on any atom is 0.267 e. The van der Waals surface area contributed by atoms with E-state index in [-0.39, 0.29) is 24.2 Å². The van der Waals surface area contributed by atoms with Crippen LogP contribution in [0.2, 0.25) is 0 Å². The smallest absolute Gasteiger partial charge is 0.267 e. The zero-order chi connectivity index (χ0) is 11.4. The number of rotatable bonds is 3. The minimum absolute atomic E-state index is 0.0636. The van der Waals surface area contributed by atoms with E-state index in [9.17, 15) is 8.78 Å². The summed E-state index contributed by atoms with van der Waals surface area (Å²) in [6.45, 7) is 0.0741. The van der Waals surface area contributed by atoms with Gasteiger partial charge in [-0.2, -0.15) is 5.26 Å². The fourth-order valence-corrected chi connectivity index (χ4v) is 1.25. The Balaban J connectivity index is 3.30. The van der Waals surface area contributed by atoms with Gasteiger partial charge in [-0.15, -0.1) is 0 Å². The van der Waals surface area contributed by atoms with Crippen LogP contribution in [0.25, 0.3) is 0 Å². The van der Waals surface area contributed by atoms with Gasteiger partial charge in [0.2, 0.25) is 0 Å². The van der Waals surface area contributed by atoms with E-state index in [2.05, 4.69) is 4.98 Å². The number of nitrogen functional groups attached to an aromatic ring is 1. The number of pyridine rings is 1. The van der Waals surface area contributed by atoms with Crippen molar-refractivity contribution in [1.82, 2.24) is 4.98 Å². The summed E-state index contributed by atoms with van der Waals surface area (Å²) in [5, 5.41) is 8.53. The molecule has 0 atom stereocenters. The maximum absolute atomic E-state index is 12.4. The molecule has 0 aliphatic heterocycles. The lowest BCUT2D eigenvalue weighted by Crippen LogP contribution is -2.10. The summed E-state index contributed by atoms with van der Waals surface area (Å²) in [6, 6.07) is 1.85. The molecule has 1 heterocycles. The van der Waals surface area contributed by atoms with Crippen molar-refractivity contribution in [3.8, 4) is 6.07 Å². The van der Waals surface area contributed by atoms with Crippen LogP contribution in [-0.2, 0) is 13.0 Å². The molecule has 0 saturated heterocycles. The second kappa shape index (κ2) is 4.66. The summed E-state index contributed by atoms with van der Waals surface area (Å²) in [6.07, 6.45) is -1.75. The van der Waals surface area contributed by atoms with Gasteiger partial charge in [0.25, 0.3) is 6.43 Å². The third kappa shape index (κ3) is 2.19. The van der Waals surface area contributed by atoms with Gasteiger partial charge in [-0.1, -0.05) is 0 Å². The first kappa shape index (κ1) is 11.3. The average Bonchev–Trinajstić information content (AvgIpc) is 2.20. The monoisotopic (exact) mass is 212 g/mol. The van der Waals surface area contributed by atoms with Gasteiger partial charge in [-0.3, -0.25) is 4.98 Å². The second-order valence-corrected chi connectivity index (χ2v) is 2.89. The van der Waals surface area contributed by atoms with Gasteiger partial charge >= 0.3 is 0 Å². The number of aromatic nitrogens is 1. The predicted octanol–water partition coefficient (Wildman–Crippen LogP) is 1.13. The van der Waals surface area contributed by atoms with Crippen LogP contribution in [-0.4, -0.2) is 4.98 Å². The van der Waals surface area contributed by atoms with Gasteiger partial charge < -0.3 is 11.5 Å². The van der Waals surface area contributed by atoms with Crippen molar-refractivity contribution in [3.05, 3.63) is 23.0 Å². The molecular weight excluding hydrogens is 202 g/mol. The van der Waals surface area contributed by atoms with E-state index < -0.39 is 6.43 Å². The molecule has 6 heteroatoms. The number of halogens is 2. The molecule has 0 radical (unpaired) electrons. The van der Waals surface area contributed by atoms with Crippen molar-refractivity contribution in [2.45, 2.75) is 19.4 Å². The zero-order valence-corrected chi connectivity index (χ0v) is 7.87. The van der Waals surface area contributed by atoms with Crippen molar-refractivity contribution >= 4 is 5.69 Å². The molecule has 0 saturated carbocycles. The Bertz CT molecular complexity index is 398. The van der Waals surface area contributed by atoms with Crippen molar-refractivity contribution < 1.29 is 8.78 Å². The number of hydrogen-bond donors (Lipinski definition) is 2. The fourth-order valence-electron chi connectivity index (χ4n) is 1.25. The maximum atomic E-state index is 12.4. The molecule has 1 aromatic rings. The van der Waals surface area contributed by atoms with Crippen LogP contribution in [0, 0.1) is 11.3 Å². The van der Waals surface area contributed by atoms with Crippen LogP contribution in [0.5, 0.6) is 0 Å². The first-order chi connectivity index (χ1) is 7.11. The number of anilines is 1. The predicted molar refractivity (Wildman–Crippen MR) is 50.8 cm³/mol. The molecule has 1 rings (SSSR count). The minimum Gasteiger partial charge on any atom is -0.398 e. The molecule has 1 aromatic heterocycles. The molecule has 0 aromatic carbocycles. The minimum atomic E-state index is -2.69. The molecule has 0 spiro atoms. The third-order valence-corrected chi connectivity index (χ3v) is 2.03. The third-order valence-electron chi connectivity index (χ3n) is 2.03. The highest BCUT2D eigenvalue weighted by Crippen LogP contribution is 2.28. The number of nitrogens with two attached hydrogens (primary N) is 2. The lowest BCUT2D eigenvalue weighted by Gasteiger charge is -2.11. The number of nitriles is 1. The van der Waals surface area contributed by atoms with Crippen LogP contribution in [0.3, 0.4) is 0 Å². The van der Waals surface area contributed by atoms with Crippen molar-refractivity contribution in [1.29, 1.82) is 5.26 Å². The van der Waals surface area contributed by atoms with Gasteiger partial charge in [0.1, 0.15) is 0 Å². The molecule has 0 aliphatic rings. The molecule has 0 aliphatic carbocycles. The number of hydrogen-bond acceptors (Lipinski definition) is 4. The van der Waals surface area contributed by atoms with E-state index in [1.54, 1.807) is 0 Å². The van der Waals surface area contributed by atoms with Crippen LogP contribution < -0.4 is 11.5 Å². The molecule has 4 N–H and O–H groups in total. The van der Waals surface area contributed by atoms with E-state index in [0.717, 1.165) is 6.20 Å². The molecular formula is C9H10F2N4. The molecule has 15 heavy (non-hydrogen) atoms. The quantitative estimate of drug-likeness (QED) is 0.785. The van der Waals surface area contributed by atoms with Gasteiger partial charge in [-0.05, 0) is 0 Å². The highest BCUT2D eigenvalue weighted by Gasteiger charge is 2.17. The Morgan fingerprint density at radius 2 is 2.20 bits per heavy atom. The van der Waals surface area contributed by atoms with Crippen molar-refractivity contribution in [2.24, 2.45) is 5.73 Å². The molecule has 80 valence electrons. The lowest BCUT2D eigenvalue weighted by molar-refractivity contribution is 0.151. The summed E-state index contributed by atoms with van der Waals surface area (Å²) < 4.78 is 24.9. The topological polar surface area (TPSA) is 88.7 Å². The largest absolute Gasteiger partial charge is 0.398 e. The van der Waals surface area contributed by atoms with Gasteiger partial charge in [0, 0.05) is 24.0 Å². The van der Waals surface area contributed by atoms with E-state index in [4.69, 9.17) is 16.7 Å². The van der Waals surface area contributed by atoms with Crippen molar-refractivity contribution in [2.75, 3.05) is 5.73 Å². The number of nitrogens with zero attached hydrogens (tertiary/aromatic N) is 2. The first-order valence-corrected chi connectivity index (χ1v) is 4.23. The fraction of sp³-hybridized carbons (Fsp3) is 0.333. The summed E-state index contributed by atoms with van der Waals surface area (Å²) >= 11 is 0. The van der Waals surface area contributed by atoms with Gasteiger partial charge in [0.15, 0.2) is 0 Å². The second-order valence-electron chi connectivity index (χ2n) is 2.89. The molecule has 0 bridgehead atoms. The summed E-state index contributed by atoms with van der Waals surface area (Å²) in [7, 11) is 0. The summed E-state index contributed by atoms with van der Waals surface area (Å²) in [4.78, 5) is 3.76. The van der Waals surface area contributed by atoms with Crippen LogP contribution in [0.1, 0.15) is 23.2 Å². The SMILES string of the molecule is N#CCc1c(CN)ncc(C(F)F)c1N. The summed E-state index contributed by atoms with van der Waals surface area (Å²) in [5.74, 6) is 0. The highest BCUT2D eigenvalue weighted by atomic mass is 19.3. The molecule has 0 amide bonds. The van der Waals surface area contributed by atoms with E-state index in [0.29, 0.717) is 11.3 Å². The summed E-state index contributed by atoms with van der Waals surface area (Å²) in [5.41, 5.74) is 11.1. The van der Waals surface area contributed by atoms with Gasteiger partial charge in [-0.25, -0.2) is 8.78 Å². The number of alkyl halides is 2. The van der Waals surface area contributed by atoms with E-state index in [1.807, 2.05) is 6.07 Å². The van der Waals surface area contributed by atoms with Crippen LogP contribution in [0.15, 0.2) is 6.20 Å². The Kier molecular flexibility index (Phi) is 3.52. The average molecular weight is 212 g/mol. The first-order valence-electron chi connectivity index (χ1n) is 4.23. The van der Waals surface area contributed by atoms with E-state index in [1.165, 1.54) is 0 Å². The lowest BCUT2D eigenvalue weighted by atomic mass is 10.0.